The molecule has 17 heavy (non-hydrogen) atoms. The summed E-state index contributed by atoms with van der Waals surface area (Å²) in [5, 5.41) is 16.6. The van der Waals surface area contributed by atoms with Crippen molar-refractivity contribution in [1.29, 1.82) is 0 Å². The van der Waals surface area contributed by atoms with Crippen LogP contribution in [0.4, 0.5) is 0 Å². The number of nitrogens with one attached hydrogen (secondary N) is 2. The molecule has 88 valence electrons. The van der Waals surface area contributed by atoms with Gasteiger partial charge in [-0.3, -0.25) is 4.79 Å². The lowest BCUT2D eigenvalue weighted by Gasteiger charge is -2.03. The molecule has 0 saturated carbocycles. The summed E-state index contributed by atoms with van der Waals surface area (Å²) in [6, 6.07) is 6.77. The Hall–Kier alpha value is -1.95. The smallest absolute Gasteiger partial charge is 0.251 e. The Morgan fingerprint density at radius 2 is 2.35 bits per heavy atom. The standard InChI is InChI=1S/C10H10ClN5O/c11-8-3-1-2-7(6-8)10(17)12-5-4-9-13-15-16-14-9/h1-3,6H,4-5H2,(H,12,17)(H,13,14,15,16). The Morgan fingerprint density at radius 1 is 1.47 bits per heavy atom. The number of benzene rings is 1. The van der Waals surface area contributed by atoms with Crippen LogP contribution in [0.15, 0.2) is 24.3 Å². The number of nitrogens with zero attached hydrogens (tertiary/aromatic N) is 3. The minimum atomic E-state index is -0.170. The van der Waals surface area contributed by atoms with Crippen LogP contribution >= 0.6 is 11.6 Å². The molecule has 1 aromatic heterocycles. The molecule has 0 spiro atoms. The van der Waals surface area contributed by atoms with E-state index in [0.29, 0.717) is 29.4 Å². The number of aromatic nitrogens is 4. The molecule has 1 amide bonds. The van der Waals surface area contributed by atoms with E-state index >= 15 is 0 Å². The van der Waals surface area contributed by atoms with Crippen LogP contribution in [0.1, 0.15) is 16.2 Å². The number of aromatic amines is 1. The van der Waals surface area contributed by atoms with Crippen LogP contribution in [-0.4, -0.2) is 33.1 Å². The van der Waals surface area contributed by atoms with E-state index in [2.05, 4.69) is 25.9 Å². The number of H-pyrrole nitrogens is 1. The van der Waals surface area contributed by atoms with Gasteiger partial charge in [0.15, 0.2) is 5.82 Å². The molecular weight excluding hydrogens is 242 g/mol. The largest absolute Gasteiger partial charge is 0.352 e. The maximum absolute atomic E-state index is 11.7. The van der Waals surface area contributed by atoms with E-state index < -0.39 is 0 Å². The second-order valence-corrected chi connectivity index (χ2v) is 3.78. The molecule has 2 aromatic rings. The predicted molar refractivity (Wildman–Crippen MR) is 61.7 cm³/mol. The molecule has 6 nitrogen and oxygen atoms in total. The van der Waals surface area contributed by atoms with E-state index in [-0.39, 0.29) is 5.91 Å². The van der Waals surface area contributed by atoms with Gasteiger partial charge in [-0.05, 0) is 18.2 Å². The predicted octanol–water partition coefficient (Wildman–Crippen LogP) is 0.826. The van der Waals surface area contributed by atoms with Crippen molar-refractivity contribution in [2.75, 3.05) is 6.54 Å². The van der Waals surface area contributed by atoms with Gasteiger partial charge in [0.05, 0.1) is 0 Å². The molecule has 0 atom stereocenters. The molecule has 0 fully saturated rings. The zero-order valence-electron chi connectivity index (χ0n) is 8.85. The molecule has 2 N–H and O–H groups in total. The molecular formula is C10H10ClN5O. The molecule has 7 heteroatoms. The van der Waals surface area contributed by atoms with Gasteiger partial charge in [0.25, 0.3) is 5.91 Å². The summed E-state index contributed by atoms with van der Waals surface area (Å²) in [4.78, 5) is 11.7. The van der Waals surface area contributed by atoms with Gasteiger partial charge in [0.2, 0.25) is 0 Å². The van der Waals surface area contributed by atoms with Crippen molar-refractivity contribution in [3.05, 3.63) is 40.7 Å². The van der Waals surface area contributed by atoms with Gasteiger partial charge in [-0.25, -0.2) is 0 Å². The van der Waals surface area contributed by atoms with Crippen molar-refractivity contribution >= 4 is 17.5 Å². The highest BCUT2D eigenvalue weighted by Crippen LogP contribution is 2.10. The summed E-state index contributed by atoms with van der Waals surface area (Å²) < 4.78 is 0. The van der Waals surface area contributed by atoms with Gasteiger partial charge in [0, 0.05) is 23.6 Å². The first-order chi connectivity index (χ1) is 8.25. The van der Waals surface area contributed by atoms with E-state index in [9.17, 15) is 4.79 Å². The Kier molecular flexibility index (Phi) is 3.66. The zero-order valence-corrected chi connectivity index (χ0v) is 9.61. The van der Waals surface area contributed by atoms with Crippen LogP contribution in [0, 0.1) is 0 Å². The van der Waals surface area contributed by atoms with Crippen LogP contribution in [0.25, 0.3) is 0 Å². The monoisotopic (exact) mass is 251 g/mol. The lowest BCUT2D eigenvalue weighted by molar-refractivity contribution is 0.0954. The van der Waals surface area contributed by atoms with E-state index in [1.807, 2.05) is 0 Å². The topological polar surface area (TPSA) is 83.6 Å². The Morgan fingerprint density at radius 3 is 3.06 bits per heavy atom. The average molecular weight is 252 g/mol. The first-order valence-corrected chi connectivity index (χ1v) is 5.39. The van der Waals surface area contributed by atoms with Gasteiger partial charge < -0.3 is 5.32 Å². The SMILES string of the molecule is O=C(NCCc1nn[nH]n1)c1cccc(Cl)c1. The Balaban J connectivity index is 1.85. The maximum atomic E-state index is 11.7. The highest BCUT2D eigenvalue weighted by atomic mass is 35.5. The molecule has 0 radical (unpaired) electrons. The molecule has 0 aliphatic carbocycles. The fourth-order valence-electron chi connectivity index (χ4n) is 1.31. The van der Waals surface area contributed by atoms with Crippen LogP contribution in [-0.2, 0) is 6.42 Å². The van der Waals surface area contributed by atoms with Crippen LogP contribution in [0.2, 0.25) is 5.02 Å². The summed E-state index contributed by atoms with van der Waals surface area (Å²) in [5.74, 6) is 0.396. The summed E-state index contributed by atoms with van der Waals surface area (Å²) in [5.41, 5.74) is 0.533. The first kappa shape index (κ1) is 11.5. The van der Waals surface area contributed by atoms with Crippen molar-refractivity contribution in [3.63, 3.8) is 0 Å². The van der Waals surface area contributed by atoms with Crippen molar-refractivity contribution in [3.8, 4) is 0 Å². The fraction of sp³-hybridized carbons (Fsp3) is 0.200. The van der Waals surface area contributed by atoms with Crippen molar-refractivity contribution in [2.45, 2.75) is 6.42 Å². The fourth-order valence-corrected chi connectivity index (χ4v) is 1.50. The molecule has 0 aliphatic rings. The van der Waals surface area contributed by atoms with Crippen molar-refractivity contribution in [1.82, 2.24) is 25.9 Å². The minimum Gasteiger partial charge on any atom is -0.352 e. The van der Waals surface area contributed by atoms with Gasteiger partial charge >= 0.3 is 0 Å². The summed E-state index contributed by atoms with van der Waals surface area (Å²) in [6.45, 7) is 0.449. The van der Waals surface area contributed by atoms with Crippen LogP contribution in [0.5, 0.6) is 0 Å². The summed E-state index contributed by atoms with van der Waals surface area (Å²) in [7, 11) is 0. The number of halogens is 1. The zero-order chi connectivity index (χ0) is 12.1. The molecule has 0 bridgehead atoms. The number of rotatable bonds is 4. The number of carbonyl (C=O) groups is 1. The van der Waals surface area contributed by atoms with E-state index in [1.54, 1.807) is 24.3 Å². The molecule has 2 rings (SSSR count). The molecule has 0 unspecified atom stereocenters. The van der Waals surface area contributed by atoms with Gasteiger partial charge in [-0.15, -0.1) is 10.2 Å². The molecule has 1 heterocycles. The number of carbonyl (C=O) groups excluding carboxylic acids is 1. The third-order valence-electron chi connectivity index (χ3n) is 2.11. The number of tetrazole rings is 1. The van der Waals surface area contributed by atoms with E-state index in [1.165, 1.54) is 0 Å². The molecule has 0 aliphatic heterocycles. The number of hydrogen-bond donors (Lipinski definition) is 2. The quantitative estimate of drug-likeness (QED) is 0.843. The van der Waals surface area contributed by atoms with E-state index in [0.717, 1.165) is 0 Å². The summed E-state index contributed by atoms with van der Waals surface area (Å²) in [6.07, 6.45) is 0.531. The number of amides is 1. The second kappa shape index (κ2) is 5.40. The lowest BCUT2D eigenvalue weighted by Crippen LogP contribution is -2.25. The third kappa shape index (κ3) is 3.25. The van der Waals surface area contributed by atoms with Crippen LogP contribution in [0.3, 0.4) is 0 Å². The third-order valence-corrected chi connectivity index (χ3v) is 2.35. The Labute approximate surface area is 102 Å². The lowest BCUT2D eigenvalue weighted by atomic mass is 10.2. The van der Waals surface area contributed by atoms with Crippen molar-refractivity contribution in [2.24, 2.45) is 0 Å². The van der Waals surface area contributed by atoms with Crippen molar-refractivity contribution < 1.29 is 4.79 Å². The molecule has 0 saturated heterocycles. The average Bonchev–Trinajstić information content (AvgIpc) is 2.82. The van der Waals surface area contributed by atoms with Gasteiger partial charge in [-0.1, -0.05) is 22.9 Å². The van der Waals surface area contributed by atoms with Crippen LogP contribution < -0.4 is 5.32 Å². The highest BCUT2D eigenvalue weighted by molar-refractivity contribution is 6.30. The number of hydrogen-bond acceptors (Lipinski definition) is 4. The van der Waals surface area contributed by atoms with Gasteiger partial charge in [-0.2, -0.15) is 5.21 Å². The maximum Gasteiger partial charge on any atom is 0.251 e. The molecule has 1 aromatic carbocycles. The van der Waals surface area contributed by atoms with E-state index in [4.69, 9.17) is 11.6 Å². The first-order valence-electron chi connectivity index (χ1n) is 5.02. The Bertz CT molecular complexity index is 499. The highest BCUT2D eigenvalue weighted by Gasteiger charge is 2.05. The summed E-state index contributed by atoms with van der Waals surface area (Å²) >= 11 is 5.79. The van der Waals surface area contributed by atoms with Gasteiger partial charge in [0.1, 0.15) is 0 Å². The minimum absolute atomic E-state index is 0.170. The normalized spacial score (nSPS) is 10.2. The second-order valence-electron chi connectivity index (χ2n) is 3.34.